The summed E-state index contributed by atoms with van der Waals surface area (Å²) in [5.74, 6) is 2.53. The Morgan fingerprint density at radius 3 is 2.68 bits per heavy atom. The van der Waals surface area contributed by atoms with Crippen molar-refractivity contribution < 1.29 is 8.94 Å². The van der Waals surface area contributed by atoms with Gasteiger partial charge in [0, 0.05) is 24.7 Å². The maximum Gasteiger partial charge on any atom is 0.208 e. The largest absolute Gasteiger partial charge is 0.445 e. The smallest absolute Gasteiger partial charge is 0.208 e. The van der Waals surface area contributed by atoms with Crippen LogP contribution in [0.5, 0.6) is 0 Å². The van der Waals surface area contributed by atoms with E-state index in [0.717, 1.165) is 49.3 Å². The predicted molar refractivity (Wildman–Crippen MR) is 82.4 cm³/mol. The molecule has 0 unspecified atom stereocenters. The molecule has 0 N–H and O–H groups in total. The second-order valence-corrected chi connectivity index (χ2v) is 6.28. The summed E-state index contributed by atoms with van der Waals surface area (Å²) in [5.41, 5.74) is 2.15. The van der Waals surface area contributed by atoms with Crippen molar-refractivity contribution in [3.05, 3.63) is 34.9 Å². The molecule has 120 valence electrons. The highest BCUT2D eigenvalue weighted by molar-refractivity contribution is 5.20. The van der Waals surface area contributed by atoms with Crippen LogP contribution in [0.4, 0.5) is 0 Å². The van der Waals surface area contributed by atoms with Gasteiger partial charge in [0.25, 0.3) is 0 Å². The number of nitrogens with zero attached hydrogens (tertiary/aromatic N) is 4. The average molecular weight is 304 g/mol. The van der Waals surface area contributed by atoms with Crippen LogP contribution in [0.15, 0.2) is 15.1 Å². The Kier molecular flexibility index (Phi) is 4.31. The lowest BCUT2D eigenvalue weighted by Gasteiger charge is -2.27. The lowest BCUT2D eigenvalue weighted by Crippen LogP contribution is -2.36. The summed E-state index contributed by atoms with van der Waals surface area (Å²) in [6.07, 6.45) is 2.95. The number of hydrogen-bond donors (Lipinski definition) is 0. The van der Waals surface area contributed by atoms with Crippen molar-refractivity contribution in [2.45, 2.75) is 46.3 Å². The summed E-state index contributed by atoms with van der Waals surface area (Å²) in [4.78, 5) is 9.16. The zero-order chi connectivity index (χ0) is 15.7. The Hall–Kier alpha value is -1.66. The van der Waals surface area contributed by atoms with Gasteiger partial charge in [-0.05, 0) is 40.8 Å². The normalized spacial score (nSPS) is 19.4. The fraction of sp³-hybridized carbons (Fsp3) is 0.625. The van der Waals surface area contributed by atoms with Crippen LogP contribution in [0.3, 0.4) is 0 Å². The second kappa shape index (κ2) is 6.22. The molecular formula is C16H24N4O2. The van der Waals surface area contributed by atoms with Crippen LogP contribution in [-0.2, 0) is 13.1 Å². The van der Waals surface area contributed by atoms with Crippen LogP contribution in [0.25, 0.3) is 0 Å². The van der Waals surface area contributed by atoms with Crippen molar-refractivity contribution in [2.75, 3.05) is 20.1 Å². The number of rotatable bonds is 5. The van der Waals surface area contributed by atoms with E-state index >= 15 is 0 Å². The highest BCUT2D eigenvalue weighted by Gasteiger charge is 2.28. The average Bonchev–Trinajstić information content (AvgIpc) is 3.15. The maximum atomic E-state index is 5.67. The van der Waals surface area contributed by atoms with E-state index in [1.807, 2.05) is 20.8 Å². The van der Waals surface area contributed by atoms with Gasteiger partial charge in [-0.1, -0.05) is 5.16 Å². The van der Waals surface area contributed by atoms with Crippen LogP contribution in [-0.4, -0.2) is 46.1 Å². The molecule has 3 heterocycles. The SMILES string of the molecule is Cc1cnc(CN(Cc2c(C)noc2C)[C@@H]2CCN(C)C2)o1. The van der Waals surface area contributed by atoms with E-state index in [2.05, 4.69) is 27.0 Å². The molecule has 0 aromatic carbocycles. The molecule has 1 aliphatic heterocycles. The molecule has 0 radical (unpaired) electrons. The van der Waals surface area contributed by atoms with Gasteiger partial charge in [0.05, 0.1) is 18.4 Å². The molecule has 0 bridgehead atoms. The second-order valence-electron chi connectivity index (χ2n) is 6.28. The Bertz CT molecular complexity index is 614. The van der Waals surface area contributed by atoms with E-state index in [-0.39, 0.29) is 0 Å². The molecule has 1 atom stereocenters. The predicted octanol–water partition coefficient (Wildman–Crippen LogP) is 2.29. The zero-order valence-corrected chi connectivity index (χ0v) is 13.8. The van der Waals surface area contributed by atoms with Crippen LogP contribution in [0.2, 0.25) is 0 Å². The summed E-state index contributed by atoms with van der Waals surface area (Å²) in [5, 5.41) is 4.07. The van der Waals surface area contributed by atoms with Gasteiger partial charge in [0.15, 0.2) is 0 Å². The summed E-state index contributed by atoms with van der Waals surface area (Å²) < 4.78 is 11.0. The lowest BCUT2D eigenvalue weighted by molar-refractivity contribution is 0.162. The monoisotopic (exact) mass is 304 g/mol. The molecule has 2 aromatic heterocycles. The van der Waals surface area contributed by atoms with Gasteiger partial charge in [-0.25, -0.2) is 4.98 Å². The Labute approximate surface area is 131 Å². The minimum absolute atomic E-state index is 0.505. The van der Waals surface area contributed by atoms with Crippen molar-refractivity contribution in [3.8, 4) is 0 Å². The van der Waals surface area contributed by atoms with Gasteiger partial charge in [0.2, 0.25) is 5.89 Å². The van der Waals surface area contributed by atoms with Crippen molar-refractivity contribution in [3.63, 3.8) is 0 Å². The Balaban J connectivity index is 1.79. The summed E-state index contributed by atoms with van der Waals surface area (Å²) in [6, 6.07) is 0.505. The number of aryl methyl sites for hydroxylation is 3. The van der Waals surface area contributed by atoms with Gasteiger partial charge in [-0.3, -0.25) is 4.90 Å². The van der Waals surface area contributed by atoms with Gasteiger partial charge in [-0.2, -0.15) is 0 Å². The molecule has 0 aliphatic carbocycles. The molecule has 0 amide bonds. The number of aromatic nitrogens is 2. The summed E-state index contributed by atoms with van der Waals surface area (Å²) >= 11 is 0. The van der Waals surface area contributed by atoms with Crippen molar-refractivity contribution in [1.82, 2.24) is 19.9 Å². The third kappa shape index (κ3) is 3.23. The Morgan fingerprint density at radius 2 is 2.14 bits per heavy atom. The van der Waals surface area contributed by atoms with Crippen LogP contribution in [0, 0.1) is 20.8 Å². The number of oxazole rings is 1. The number of likely N-dealkylation sites (N-methyl/N-ethyl adjacent to an activating group) is 1. The van der Waals surface area contributed by atoms with Gasteiger partial charge in [0.1, 0.15) is 11.5 Å². The third-order valence-corrected chi connectivity index (χ3v) is 4.43. The first-order valence-corrected chi connectivity index (χ1v) is 7.78. The van der Waals surface area contributed by atoms with E-state index in [1.165, 1.54) is 12.0 Å². The third-order valence-electron chi connectivity index (χ3n) is 4.43. The quantitative estimate of drug-likeness (QED) is 0.845. The highest BCUT2D eigenvalue weighted by atomic mass is 16.5. The van der Waals surface area contributed by atoms with Crippen molar-refractivity contribution in [1.29, 1.82) is 0 Å². The molecule has 2 aromatic rings. The van der Waals surface area contributed by atoms with E-state index in [9.17, 15) is 0 Å². The lowest BCUT2D eigenvalue weighted by atomic mass is 10.1. The van der Waals surface area contributed by atoms with Crippen LogP contribution >= 0.6 is 0 Å². The van der Waals surface area contributed by atoms with Gasteiger partial charge < -0.3 is 13.8 Å². The molecule has 1 aliphatic rings. The molecule has 0 spiro atoms. The molecule has 0 saturated carbocycles. The first-order chi connectivity index (χ1) is 10.5. The minimum Gasteiger partial charge on any atom is -0.445 e. The molecule has 3 rings (SSSR count). The topological polar surface area (TPSA) is 58.5 Å². The molecule has 1 fully saturated rings. The first-order valence-electron chi connectivity index (χ1n) is 7.78. The zero-order valence-electron chi connectivity index (χ0n) is 13.8. The van der Waals surface area contributed by atoms with Crippen molar-refractivity contribution in [2.24, 2.45) is 0 Å². The van der Waals surface area contributed by atoms with E-state index in [4.69, 9.17) is 8.94 Å². The minimum atomic E-state index is 0.505. The van der Waals surface area contributed by atoms with Gasteiger partial charge in [-0.15, -0.1) is 0 Å². The highest BCUT2D eigenvalue weighted by Crippen LogP contribution is 2.22. The first kappa shape index (κ1) is 15.2. The summed E-state index contributed by atoms with van der Waals surface area (Å²) in [6.45, 7) is 9.65. The van der Waals surface area contributed by atoms with E-state index in [1.54, 1.807) is 6.20 Å². The fourth-order valence-corrected chi connectivity index (χ4v) is 3.10. The summed E-state index contributed by atoms with van der Waals surface area (Å²) in [7, 11) is 2.17. The fourth-order valence-electron chi connectivity index (χ4n) is 3.10. The molecule has 6 nitrogen and oxygen atoms in total. The van der Waals surface area contributed by atoms with Crippen LogP contribution in [0.1, 0.15) is 35.1 Å². The maximum absolute atomic E-state index is 5.67. The number of hydrogen-bond acceptors (Lipinski definition) is 6. The van der Waals surface area contributed by atoms with E-state index in [0.29, 0.717) is 6.04 Å². The molecule has 22 heavy (non-hydrogen) atoms. The molecule has 6 heteroatoms. The van der Waals surface area contributed by atoms with Gasteiger partial charge >= 0.3 is 0 Å². The Morgan fingerprint density at radius 1 is 1.32 bits per heavy atom. The number of likely N-dealkylation sites (tertiary alicyclic amines) is 1. The van der Waals surface area contributed by atoms with Crippen molar-refractivity contribution >= 4 is 0 Å². The standard InChI is InChI=1S/C16H24N4O2/c1-11-7-17-16(21-11)10-20(14-5-6-19(4)8-14)9-15-12(2)18-22-13(15)3/h7,14H,5-6,8-10H2,1-4H3/t14-/m1/s1. The van der Waals surface area contributed by atoms with Crippen LogP contribution < -0.4 is 0 Å². The van der Waals surface area contributed by atoms with E-state index < -0.39 is 0 Å². The molecule has 1 saturated heterocycles. The molecular weight excluding hydrogens is 280 g/mol.